The van der Waals surface area contributed by atoms with Crippen LogP contribution in [0.2, 0.25) is 5.15 Å². The van der Waals surface area contributed by atoms with E-state index in [1.807, 2.05) is 25.1 Å². The Morgan fingerprint density at radius 2 is 1.90 bits per heavy atom. The topological polar surface area (TPSA) is 25.8 Å². The first-order chi connectivity index (χ1) is 9.54. The van der Waals surface area contributed by atoms with Crippen LogP contribution in [0, 0.1) is 12.7 Å². The van der Waals surface area contributed by atoms with Crippen LogP contribution in [-0.2, 0) is 0 Å². The molecule has 20 heavy (non-hydrogen) atoms. The Labute approximate surface area is 128 Å². The van der Waals surface area contributed by atoms with Crippen molar-refractivity contribution in [1.82, 2.24) is 9.97 Å². The Morgan fingerprint density at radius 1 is 1.10 bits per heavy atom. The second kappa shape index (κ2) is 5.11. The van der Waals surface area contributed by atoms with Gasteiger partial charge in [0.2, 0.25) is 0 Å². The van der Waals surface area contributed by atoms with Crippen LogP contribution in [0.1, 0.15) is 5.56 Å². The highest BCUT2D eigenvalue weighted by Crippen LogP contribution is 2.28. The van der Waals surface area contributed by atoms with Crippen LogP contribution >= 0.6 is 27.5 Å². The van der Waals surface area contributed by atoms with Crippen LogP contribution in [0.4, 0.5) is 4.39 Å². The summed E-state index contributed by atoms with van der Waals surface area (Å²) in [7, 11) is 0. The molecule has 0 aliphatic rings. The molecule has 0 bridgehead atoms. The van der Waals surface area contributed by atoms with Gasteiger partial charge in [-0.15, -0.1) is 0 Å². The zero-order valence-corrected chi connectivity index (χ0v) is 12.8. The third-order valence-electron chi connectivity index (χ3n) is 3.05. The molecule has 0 atom stereocenters. The summed E-state index contributed by atoms with van der Waals surface area (Å²) in [6, 6.07) is 10.1. The van der Waals surface area contributed by atoms with E-state index in [0.717, 1.165) is 20.9 Å². The SMILES string of the molecule is Cc1ccc(F)cc1-c1nc(Cl)c2ccc(Br)cc2n1. The number of aromatic nitrogens is 2. The van der Waals surface area contributed by atoms with E-state index in [4.69, 9.17) is 11.6 Å². The fourth-order valence-corrected chi connectivity index (χ4v) is 2.61. The molecule has 0 saturated carbocycles. The molecular formula is C15H9BrClFN2. The molecule has 0 aliphatic heterocycles. The van der Waals surface area contributed by atoms with E-state index in [-0.39, 0.29) is 5.82 Å². The molecule has 3 rings (SSSR count). The second-order valence-electron chi connectivity index (χ2n) is 4.46. The van der Waals surface area contributed by atoms with E-state index in [9.17, 15) is 4.39 Å². The largest absolute Gasteiger partial charge is 0.228 e. The van der Waals surface area contributed by atoms with E-state index < -0.39 is 0 Å². The molecule has 1 aromatic heterocycles. The van der Waals surface area contributed by atoms with Crippen molar-refractivity contribution in [2.45, 2.75) is 6.92 Å². The van der Waals surface area contributed by atoms with Crippen molar-refractivity contribution in [1.29, 1.82) is 0 Å². The summed E-state index contributed by atoms with van der Waals surface area (Å²) in [6.45, 7) is 1.89. The maximum Gasteiger partial charge on any atom is 0.161 e. The van der Waals surface area contributed by atoms with Crippen LogP contribution < -0.4 is 0 Å². The molecule has 5 heteroatoms. The zero-order chi connectivity index (χ0) is 14.3. The first-order valence-corrected chi connectivity index (χ1v) is 7.11. The van der Waals surface area contributed by atoms with Gasteiger partial charge in [0, 0.05) is 15.4 Å². The summed E-state index contributed by atoms with van der Waals surface area (Å²) < 4.78 is 14.3. The number of benzene rings is 2. The van der Waals surface area contributed by atoms with Gasteiger partial charge in [-0.2, -0.15) is 0 Å². The Hall–Kier alpha value is -1.52. The van der Waals surface area contributed by atoms with Crippen molar-refractivity contribution in [2.75, 3.05) is 0 Å². The van der Waals surface area contributed by atoms with Crippen LogP contribution in [0.15, 0.2) is 40.9 Å². The summed E-state index contributed by atoms with van der Waals surface area (Å²) in [5.41, 5.74) is 2.27. The van der Waals surface area contributed by atoms with E-state index in [2.05, 4.69) is 25.9 Å². The number of nitrogens with zero attached hydrogens (tertiary/aromatic N) is 2. The fraction of sp³-hybridized carbons (Fsp3) is 0.0667. The van der Waals surface area contributed by atoms with Gasteiger partial charge < -0.3 is 0 Å². The van der Waals surface area contributed by atoms with Gasteiger partial charge in [0.1, 0.15) is 11.0 Å². The molecule has 100 valence electrons. The summed E-state index contributed by atoms with van der Waals surface area (Å²) >= 11 is 9.60. The minimum atomic E-state index is -0.320. The average molecular weight is 352 g/mol. The predicted molar refractivity (Wildman–Crippen MR) is 82.4 cm³/mol. The normalized spacial score (nSPS) is 11.0. The number of fused-ring (bicyclic) bond motifs is 1. The molecule has 0 unspecified atom stereocenters. The molecule has 0 amide bonds. The fourth-order valence-electron chi connectivity index (χ4n) is 2.02. The van der Waals surface area contributed by atoms with Crippen molar-refractivity contribution in [2.24, 2.45) is 0 Å². The molecule has 0 spiro atoms. The average Bonchev–Trinajstić information content (AvgIpc) is 2.41. The third-order valence-corrected chi connectivity index (χ3v) is 3.83. The smallest absolute Gasteiger partial charge is 0.161 e. The quantitative estimate of drug-likeness (QED) is 0.566. The second-order valence-corrected chi connectivity index (χ2v) is 5.73. The first-order valence-electron chi connectivity index (χ1n) is 5.94. The molecule has 0 aliphatic carbocycles. The Balaban J connectivity index is 2.29. The molecular weight excluding hydrogens is 343 g/mol. The molecule has 0 saturated heterocycles. The van der Waals surface area contributed by atoms with E-state index in [1.165, 1.54) is 12.1 Å². The molecule has 0 fully saturated rings. The molecule has 1 heterocycles. The number of hydrogen-bond donors (Lipinski definition) is 0. The van der Waals surface area contributed by atoms with E-state index >= 15 is 0 Å². The minimum Gasteiger partial charge on any atom is -0.228 e. The van der Waals surface area contributed by atoms with Crippen molar-refractivity contribution < 1.29 is 4.39 Å². The van der Waals surface area contributed by atoms with Crippen molar-refractivity contribution in [3.8, 4) is 11.4 Å². The van der Waals surface area contributed by atoms with Gasteiger partial charge in [0.25, 0.3) is 0 Å². The summed E-state index contributed by atoms with van der Waals surface area (Å²) in [4.78, 5) is 8.75. The molecule has 2 nitrogen and oxygen atoms in total. The highest BCUT2D eigenvalue weighted by atomic mass is 79.9. The lowest BCUT2D eigenvalue weighted by atomic mass is 10.1. The van der Waals surface area contributed by atoms with E-state index in [0.29, 0.717) is 16.5 Å². The van der Waals surface area contributed by atoms with Gasteiger partial charge in [0.05, 0.1) is 5.52 Å². The highest BCUT2D eigenvalue weighted by Gasteiger charge is 2.11. The number of halogens is 3. The summed E-state index contributed by atoms with van der Waals surface area (Å²) in [5, 5.41) is 1.13. The Bertz CT molecular complexity index is 820. The first kappa shape index (κ1) is 13.5. The lowest BCUT2D eigenvalue weighted by Crippen LogP contribution is -1.94. The zero-order valence-electron chi connectivity index (χ0n) is 10.5. The summed E-state index contributed by atoms with van der Waals surface area (Å²) in [5.74, 6) is 0.109. The van der Waals surface area contributed by atoms with Crippen LogP contribution in [-0.4, -0.2) is 9.97 Å². The Morgan fingerprint density at radius 3 is 2.70 bits per heavy atom. The van der Waals surface area contributed by atoms with Gasteiger partial charge >= 0.3 is 0 Å². The van der Waals surface area contributed by atoms with Crippen LogP contribution in [0.25, 0.3) is 22.3 Å². The molecule has 0 radical (unpaired) electrons. The molecule has 2 aromatic carbocycles. The van der Waals surface area contributed by atoms with Crippen molar-refractivity contribution >= 4 is 38.4 Å². The van der Waals surface area contributed by atoms with Gasteiger partial charge in [-0.1, -0.05) is 33.6 Å². The Kier molecular flexibility index (Phi) is 3.44. The minimum absolute atomic E-state index is 0.320. The van der Waals surface area contributed by atoms with E-state index in [1.54, 1.807) is 6.07 Å². The number of hydrogen-bond acceptors (Lipinski definition) is 2. The van der Waals surface area contributed by atoms with Gasteiger partial charge in [0.15, 0.2) is 5.82 Å². The predicted octanol–water partition coefficient (Wildman–Crippen LogP) is 5.16. The monoisotopic (exact) mass is 350 g/mol. The van der Waals surface area contributed by atoms with Gasteiger partial charge in [-0.25, -0.2) is 14.4 Å². The van der Waals surface area contributed by atoms with Crippen LogP contribution in [0.3, 0.4) is 0 Å². The standard InChI is InChI=1S/C15H9BrClFN2/c1-8-2-4-10(18)7-12(8)15-19-13-6-9(16)3-5-11(13)14(17)20-15/h2-7H,1H3. The molecule has 0 N–H and O–H groups in total. The van der Waals surface area contributed by atoms with Crippen LogP contribution in [0.5, 0.6) is 0 Å². The van der Waals surface area contributed by atoms with Crippen molar-refractivity contribution in [3.05, 3.63) is 57.4 Å². The lowest BCUT2D eigenvalue weighted by molar-refractivity contribution is 0.628. The maximum absolute atomic E-state index is 13.4. The number of rotatable bonds is 1. The van der Waals surface area contributed by atoms with Gasteiger partial charge in [-0.3, -0.25) is 0 Å². The third kappa shape index (κ3) is 2.41. The van der Waals surface area contributed by atoms with Gasteiger partial charge in [-0.05, 0) is 42.8 Å². The summed E-state index contributed by atoms with van der Waals surface area (Å²) in [6.07, 6.45) is 0. The maximum atomic E-state index is 13.4. The highest BCUT2D eigenvalue weighted by molar-refractivity contribution is 9.10. The number of aryl methyl sites for hydroxylation is 1. The van der Waals surface area contributed by atoms with Crippen molar-refractivity contribution in [3.63, 3.8) is 0 Å². The lowest BCUT2D eigenvalue weighted by Gasteiger charge is -2.07. The molecule has 3 aromatic rings.